The summed E-state index contributed by atoms with van der Waals surface area (Å²) in [5.41, 5.74) is 2.31. The second-order valence-corrected chi connectivity index (χ2v) is 6.30. The fraction of sp³-hybridized carbons (Fsp3) is 0.211. The molecule has 1 atom stereocenters. The number of hydrogen-bond acceptors (Lipinski definition) is 7. The number of nitriles is 1. The van der Waals surface area contributed by atoms with Crippen LogP contribution < -0.4 is 0 Å². The molecule has 0 bridgehead atoms. The number of likely N-dealkylation sites (tertiary alicyclic amines) is 1. The summed E-state index contributed by atoms with van der Waals surface area (Å²) in [6.45, 7) is 0.702. The Balaban J connectivity index is 1.65. The number of hydrogen-bond donors (Lipinski definition) is 0. The van der Waals surface area contributed by atoms with Crippen molar-refractivity contribution in [2.45, 2.75) is 18.9 Å². The summed E-state index contributed by atoms with van der Waals surface area (Å²) in [6, 6.07) is 13.7. The third kappa shape index (κ3) is 3.22. The minimum Gasteiger partial charge on any atom is -0.334 e. The van der Waals surface area contributed by atoms with Crippen LogP contribution in [0.25, 0.3) is 22.6 Å². The van der Waals surface area contributed by atoms with Crippen LogP contribution in [-0.4, -0.2) is 26.5 Å². The predicted octanol–water partition coefficient (Wildman–Crippen LogP) is 3.93. The van der Waals surface area contributed by atoms with Crippen molar-refractivity contribution < 1.29 is 9.45 Å². The van der Waals surface area contributed by atoms with E-state index in [0.717, 1.165) is 29.5 Å². The zero-order valence-corrected chi connectivity index (χ0v) is 14.3. The lowest BCUT2D eigenvalue weighted by Gasteiger charge is -2.13. The van der Waals surface area contributed by atoms with E-state index < -0.39 is 4.92 Å². The van der Waals surface area contributed by atoms with E-state index in [-0.39, 0.29) is 11.7 Å². The molecule has 27 heavy (non-hydrogen) atoms. The van der Waals surface area contributed by atoms with Gasteiger partial charge in [0.1, 0.15) is 6.04 Å². The smallest absolute Gasteiger partial charge is 0.270 e. The summed E-state index contributed by atoms with van der Waals surface area (Å²) in [6.07, 6.45) is 3.90. The molecule has 8 heteroatoms. The van der Waals surface area contributed by atoms with Crippen LogP contribution in [0.4, 0.5) is 5.69 Å². The van der Waals surface area contributed by atoms with Crippen LogP contribution in [-0.2, 0) is 0 Å². The highest BCUT2D eigenvalue weighted by atomic mass is 16.6. The lowest BCUT2D eigenvalue weighted by molar-refractivity contribution is -0.384. The standard InChI is InChI=1S/C19H15N5O3/c20-12-23-9-3-8-17(23)18-21-19(27-22-18)15-6-1-4-13(10-15)14-5-2-7-16(11-14)24(25)26/h1-2,4-7,10-11,17H,3,8-9H2. The molecular formula is C19H15N5O3. The lowest BCUT2D eigenvalue weighted by atomic mass is 10.0. The average Bonchev–Trinajstić information content (AvgIpc) is 3.37. The molecule has 2 aromatic carbocycles. The van der Waals surface area contributed by atoms with Crippen LogP contribution in [0.5, 0.6) is 0 Å². The molecule has 0 aliphatic carbocycles. The molecule has 1 aliphatic heterocycles. The normalized spacial score (nSPS) is 16.3. The predicted molar refractivity (Wildman–Crippen MR) is 96.1 cm³/mol. The fourth-order valence-electron chi connectivity index (χ4n) is 3.27. The molecular weight excluding hydrogens is 346 g/mol. The van der Waals surface area contributed by atoms with Crippen molar-refractivity contribution in [1.29, 1.82) is 5.26 Å². The first-order valence-corrected chi connectivity index (χ1v) is 8.51. The van der Waals surface area contributed by atoms with Crippen molar-refractivity contribution >= 4 is 5.69 Å². The van der Waals surface area contributed by atoms with Gasteiger partial charge in [0.05, 0.1) is 4.92 Å². The van der Waals surface area contributed by atoms with Crippen LogP contribution in [0.2, 0.25) is 0 Å². The van der Waals surface area contributed by atoms with Crippen molar-refractivity contribution in [3.05, 3.63) is 64.5 Å². The van der Waals surface area contributed by atoms with Crippen LogP contribution in [0.3, 0.4) is 0 Å². The Bertz CT molecular complexity index is 1040. The number of rotatable bonds is 4. The maximum Gasteiger partial charge on any atom is 0.270 e. The first-order chi connectivity index (χ1) is 13.2. The van der Waals surface area contributed by atoms with Gasteiger partial charge in [0.2, 0.25) is 0 Å². The van der Waals surface area contributed by atoms with Crippen molar-refractivity contribution in [2.75, 3.05) is 6.54 Å². The quantitative estimate of drug-likeness (QED) is 0.393. The fourth-order valence-corrected chi connectivity index (χ4v) is 3.27. The summed E-state index contributed by atoms with van der Waals surface area (Å²) >= 11 is 0. The molecule has 1 aromatic heterocycles. The summed E-state index contributed by atoms with van der Waals surface area (Å²) < 4.78 is 5.40. The first-order valence-electron chi connectivity index (χ1n) is 8.51. The lowest BCUT2D eigenvalue weighted by Crippen LogP contribution is -2.17. The van der Waals surface area contributed by atoms with Crippen LogP contribution in [0, 0.1) is 21.6 Å². The van der Waals surface area contributed by atoms with Gasteiger partial charge in [0.15, 0.2) is 12.0 Å². The Hall–Kier alpha value is -3.73. The average molecular weight is 361 g/mol. The summed E-state index contributed by atoms with van der Waals surface area (Å²) in [5.74, 6) is 0.867. The summed E-state index contributed by atoms with van der Waals surface area (Å²) in [5, 5.41) is 24.2. The van der Waals surface area contributed by atoms with E-state index >= 15 is 0 Å². The number of aromatic nitrogens is 2. The summed E-state index contributed by atoms with van der Waals surface area (Å²) in [7, 11) is 0. The van der Waals surface area contributed by atoms with Gasteiger partial charge in [-0.3, -0.25) is 15.0 Å². The molecule has 0 radical (unpaired) electrons. The van der Waals surface area contributed by atoms with E-state index in [1.807, 2.05) is 30.3 Å². The van der Waals surface area contributed by atoms with E-state index in [1.54, 1.807) is 11.0 Å². The van der Waals surface area contributed by atoms with Crippen molar-refractivity contribution in [2.24, 2.45) is 0 Å². The number of benzene rings is 2. The van der Waals surface area contributed by atoms with E-state index in [9.17, 15) is 15.4 Å². The third-order valence-electron chi connectivity index (χ3n) is 4.62. The molecule has 1 aliphatic rings. The highest BCUT2D eigenvalue weighted by molar-refractivity contribution is 5.71. The van der Waals surface area contributed by atoms with Gasteiger partial charge in [-0.2, -0.15) is 10.2 Å². The molecule has 3 aromatic rings. The topological polar surface area (TPSA) is 109 Å². The molecule has 8 nitrogen and oxygen atoms in total. The van der Waals surface area contributed by atoms with Crippen LogP contribution in [0.1, 0.15) is 24.7 Å². The SMILES string of the molecule is N#CN1CCCC1c1noc(-c2cccc(-c3cccc([N+](=O)[O-])c3)c2)n1. The van der Waals surface area contributed by atoms with Crippen molar-refractivity contribution in [3.63, 3.8) is 0 Å². The third-order valence-corrected chi connectivity index (χ3v) is 4.62. The van der Waals surface area contributed by atoms with Gasteiger partial charge in [-0.05, 0) is 36.1 Å². The maximum absolute atomic E-state index is 11.0. The molecule has 0 amide bonds. The van der Waals surface area contributed by atoms with Gasteiger partial charge >= 0.3 is 0 Å². The minimum absolute atomic E-state index is 0.0378. The maximum atomic E-state index is 11.0. The summed E-state index contributed by atoms with van der Waals surface area (Å²) in [4.78, 5) is 16.7. The van der Waals surface area contributed by atoms with Gasteiger partial charge in [-0.1, -0.05) is 29.4 Å². The Morgan fingerprint density at radius 1 is 1.19 bits per heavy atom. The van der Waals surface area contributed by atoms with Gasteiger partial charge in [0, 0.05) is 24.2 Å². The van der Waals surface area contributed by atoms with E-state index in [2.05, 4.69) is 16.3 Å². The first kappa shape index (κ1) is 16.7. The number of nitro benzene ring substituents is 1. The highest BCUT2D eigenvalue weighted by Gasteiger charge is 2.29. The molecule has 134 valence electrons. The molecule has 1 saturated heterocycles. The molecule has 0 saturated carbocycles. The Labute approximate surface area is 154 Å². The van der Waals surface area contributed by atoms with E-state index in [0.29, 0.717) is 18.3 Å². The van der Waals surface area contributed by atoms with Crippen LogP contribution >= 0.6 is 0 Å². The largest absolute Gasteiger partial charge is 0.334 e. The zero-order valence-electron chi connectivity index (χ0n) is 14.3. The second kappa shape index (κ2) is 6.88. The number of nitro groups is 1. The Morgan fingerprint density at radius 2 is 1.93 bits per heavy atom. The van der Waals surface area contributed by atoms with Gasteiger partial charge < -0.3 is 4.52 Å². The zero-order chi connectivity index (χ0) is 18.8. The molecule has 1 fully saturated rings. The minimum atomic E-state index is -0.416. The van der Waals surface area contributed by atoms with Crippen molar-refractivity contribution in [3.8, 4) is 28.8 Å². The highest BCUT2D eigenvalue weighted by Crippen LogP contribution is 2.32. The second-order valence-electron chi connectivity index (χ2n) is 6.30. The van der Waals surface area contributed by atoms with Gasteiger partial charge in [-0.15, -0.1) is 0 Å². The number of nitrogens with zero attached hydrogens (tertiary/aromatic N) is 5. The number of non-ortho nitro benzene ring substituents is 1. The molecule has 0 N–H and O–H groups in total. The van der Waals surface area contributed by atoms with Crippen LogP contribution in [0.15, 0.2) is 53.1 Å². The Morgan fingerprint density at radius 3 is 2.70 bits per heavy atom. The molecule has 4 rings (SSSR count). The Kier molecular flexibility index (Phi) is 4.26. The van der Waals surface area contributed by atoms with Gasteiger partial charge in [-0.25, -0.2) is 0 Å². The molecule has 2 heterocycles. The molecule has 1 unspecified atom stereocenters. The molecule has 0 spiro atoms. The monoisotopic (exact) mass is 361 g/mol. The van der Waals surface area contributed by atoms with E-state index in [4.69, 9.17) is 4.52 Å². The van der Waals surface area contributed by atoms with Crippen molar-refractivity contribution in [1.82, 2.24) is 15.0 Å². The van der Waals surface area contributed by atoms with Gasteiger partial charge in [0.25, 0.3) is 11.6 Å². The van der Waals surface area contributed by atoms with E-state index in [1.165, 1.54) is 12.1 Å².